The largest absolute Gasteiger partial charge is 0.399 e. The maximum absolute atomic E-state index is 12.4. The molecule has 0 unspecified atom stereocenters. The van der Waals surface area contributed by atoms with Crippen molar-refractivity contribution in [1.29, 1.82) is 0 Å². The lowest BCUT2D eigenvalue weighted by atomic mass is 10.2. The zero-order chi connectivity index (χ0) is 13.1. The molecule has 0 amide bonds. The van der Waals surface area contributed by atoms with Gasteiger partial charge in [0.2, 0.25) is 0 Å². The Bertz CT molecular complexity index is 616. The Balaban J connectivity index is 2.50. The Morgan fingerprint density at radius 1 is 1.33 bits per heavy atom. The first kappa shape index (κ1) is 12.6. The molecule has 0 atom stereocenters. The SMILES string of the molecule is CCCCCn1c(C)nc2ccc(N)cc2c1=O. The van der Waals surface area contributed by atoms with Crippen LogP contribution in [0.1, 0.15) is 32.0 Å². The number of rotatable bonds is 4. The van der Waals surface area contributed by atoms with E-state index in [2.05, 4.69) is 11.9 Å². The monoisotopic (exact) mass is 245 g/mol. The Hall–Kier alpha value is -1.84. The molecule has 0 fully saturated rings. The molecule has 18 heavy (non-hydrogen) atoms. The van der Waals surface area contributed by atoms with Gasteiger partial charge >= 0.3 is 0 Å². The number of nitrogens with zero attached hydrogens (tertiary/aromatic N) is 2. The van der Waals surface area contributed by atoms with Crippen LogP contribution in [0.4, 0.5) is 5.69 Å². The standard InChI is InChI=1S/C14H19N3O/c1-3-4-5-8-17-10(2)16-13-7-6-11(15)9-12(13)14(17)18/h6-7,9H,3-5,8,15H2,1-2H3. The molecule has 0 bridgehead atoms. The van der Waals surface area contributed by atoms with E-state index in [9.17, 15) is 4.79 Å². The molecule has 1 heterocycles. The van der Waals surface area contributed by atoms with Gasteiger partial charge in [0, 0.05) is 12.2 Å². The average molecular weight is 245 g/mol. The second-order valence-electron chi connectivity index (χ2n) is 4.60. The van der Waals surface area contributed by atoms with Crippen molar-refractivity contribution in [3.8, 4) is 0 Å². The minimum atomic E-state index is 0.0147. The molecule has 4 nitrogen and oxygen atoms in total. The van der Waals surface area contributed by atoms with Gasteiger partial charge in [-0.25, -0.2) is 4.98 Å². The van der Waals surface area contributed by atoms with Gasteiger partial charge in [0.15, 0.2) is 0 Å². The molecule has 0 aliphatic heterocycles. The topological polar surface area (TPSA) is 60.9 Å². The van der Waals surface area contributed by atoms with Crippen molar-refractivity contribution in [1.82, 2.24) is 9.55 Å². The van der Waals surface area contributed by atoms with Crippen LogP contribution in [-0.4, -0.2) is 9.55 Å². The lowest BCUT2D eigenvalue weighted by Crippen LogP contribution is -2.24. The summed E-state index contributed by atoms with van der Waals surface area (Å²) in [5, 5.41) is 0.608. The molecular formula is C14H19N3O. The minimum Gasteiger partial charge on any atom is -0.399 e. The molecule has 1 aromatic carbocycles. The third-order valence-electron chi connectivity index (χ3n) is 3.15. The van der Waals surface area contributed by atoms with Crippen LogP contribution in [0.3, 0.4) is 0 Å². The zero-order valence-corrected chi connectivity index (χ0v) is 10.9. The van der Waals surface area contributed by atoms with E-state index in [1.807, 2.05) is 6.92 Å². The van der Waals surface area contributed by atoms with Crippen LogP contribution in [0.25, 0.3) is 10.9 Å². The highest BCUT2D eigenvalue weighted by Crippen LogP contribution is 2.12. The Morgan fingerprint density at radius 2 is 2.11 bits per heavy atom. The molecule has 2 rings (SSSR count). The number of unbranched alkanes of at least 4 members (excludes halogenated alkanes) is 2. The fourth-order valence-corrected chi connectivity index (χ4v) is 2.13. The quantitative estimate of drug-likeness (QED) is 0.665. The molecule has 0 saturated heterocycles. The predicted octanol–water partition coefficient (Wildman–Crippen LogP) is 2.48. The second kappa shape index (κ2) is 5.21. The fraction of sp³-hybridized carbons (Fsp3) is 0.429. The van der Waals surface area contributed by atoms with E-state index >= 15 is 0 Å². The van der Waals surface area contributed by atoms with Crippen molar-refractivity contribution < 1.29 is 0 Å². The highest BCUT2D eigenvalue weighted by atomic mass is 16.1. The summed E-state index contributed by atoms with van der Waals surface area (Å²) < 4.78 is 1.75. The maximum Gasteiger partial charge on any atom is 0.261 e. The van der Waals surface area contributed by atoms with Gasteiger partial charge in [-0.05, 0) is 31.5 Å². The normalized spacial score (nSPS) is 11.0. The van der Waals surface area contributed by atoms with Gasteiger partial charge in [0.05, 0.1) is 10.9 Å². The minimum absolute atomic E-state index is 0.0147. The summed E-state index contributed by atoms with van der Waals surface area (Å²) in [7, 11) is 0. The second-order valence-corrected chi connectivity index (χ2v) is 4.60. The van der Waals surface area contributed by atoms with Crippen molar-refractivity contribution in [2.75, 3.05) is 5.73 Å². The number of hydrogen-bond acceptors (Lipinski definition) is 3. The molecule has 0 radical (unpaired) electrons. The number of aromatic nitrogens is 2. The summed E-state index contributed by atoms with van der Waals surface area (Å²) in [6.07, 6.45) is 3.27. The van der Waals surface area contributed by atoms with E-state index < -0.39 is 0 Å². The molecule has 0 spiro atoms. The van der Waals surface area contributed by atoms with Crippen LogP contribution >= 0.6 is 0 Å². The van der Waals surface area contributed by atoms with E-state index in [-0.39, 0.29) is 5.56 Å². The van der Waals surface area contributed by atoms with Crippen LogP contribution in [-0.2, 0) is 6.54 Å². The van der Waals surface area contributed by atoms with Crippen LogP contribution in [0.5, 0.6) is 0 Å². The number of hydrogen-bond donors (Lipinski definition) is 1. The number of benzene rings is 1. The Kier molecular flexibility index (Phi) is 3.65. The van der Waals surface area contributed by atoms with E-state index in [0.717, 1.165) is 37.1 Å². The summed E-state index contributed by atoms with van der Waals surface area (Å²) >= 11 is 0. The molecule has 96 valence electrons. The summed E-state index contributed by atoms with van der Waals surface area (Å²) in [6.45, 7) is 4.76. The number of fused-ring (bicyclic) bond motifs is 1. The molecule has 2 aromatic rings. The van der Waals surface area contributed by atoms with E-state index in [0.29, 0.717) is 11.1 Å². The van der Waals surface area contributed by atoms with Crippen LogP contribution in [0.15, 0.2) is 23.0 Å². The van der Waals surface area contributed by atoms with Gasteiger partial charge in [-0.3, -0.25) is 9.36 Å². The highest BCUT2D eigenvalue weighted by Gasteiger charge is 2.07. The number of nitrogen functional groups attached to an aromatic ring is 1. The Labute approximate surface area is 106 Å². The molecule has 2 N–H and O–H groups in total. The summed E-state index contributed by atoms with van der Waals surface area (Å²) in [4.78, 5) is 16.8. The van der Waals surface area contributed by atoms with Gasteiger partial charge in [0.1, 0.15) is 5.82 Å². The number of anilines is 1. The van der Waals surface area contributed by atoms with Crippen molar-refractivity contribution in [2.24, 2.45) is 0 Å². The van der Waals surface area contributed by atoms with Crippen LogP contribution in [0.2, 0.25) is 0 Å². The van der Waals surface area contributed by atoms with E-state index in [1.54, 1.807) is 22.8 Å². The third kappa shape index (κ3) is 2.37. The van der Waals surface area contributed by atoms with E-state index in [4.69, 9.17) is 5.73 Å². The van der Waals surface area contributed by atoms with Gasteiger partial charge in [0.25, 0.3) is 5.56 Å². The zero-order valence-electron chi connectivity index (χ0n) is 10.9. The van der Waals surface area contributed by atoms with E-state index in [1.165, 1.54) is 0 Å². The van der Waals surface area contributed by atoms with Gasteiger partial charge < -0.3 is 5.73 Å². The molecule has 0 aliphatic carbocycles. The number of nitrogens with two attached hydrogens (primary N) is 1. The predicted molar refractivity (Wildman–Crippen MR) is 74.7 cm³/mol. The van der Waals surface area contributed by atoms with Crippen LogP contribution in [0, 0.1) is 6.92 Å². The van der Waals surface area contributed by atoms with Crippen molar-refractivity contribution in [3.63, 3.8) is 0 Å². The first-order valence-electron chi connectivity index (χ1n) is 6.40. The van der Waals surface area contributed by atoms with Crippen molar-refractivity contribution in [3.05, 3.63) is 34.4 Å². The molecule has 1 aromatic heterocycles. The smallest absolute Gasteiger partial charge is 0.261 e. The fourth-order valence-electron chi connectivity index (χ4n) is 2.13. The molecule has 0 aliphatic rings. The molecular weight excluding hydrogens is 226 g/mol. The molecule has 4 heteroatoms. The van der Waals surface area contributed by atoms with Crippen molar-refractivity contribution in [2.45, 2.75) is 39.7 Å². The summed E-state index contributed by atoms with van der Waals surface area (Å²) in [6, 6.07) is 5.28. The first-order chi connectivity index (χ1) is 8.63. The van der Waals surface area contributed by atoms with Gasteiger partial charge in [-0.1, -0.05) is 19.8 Å². The number of aryl methyl sites for hydroxylation is 1. The lowest BCUT2D eigenvalue weighted by Gasteiger charge is -2.10. The maximum atomic E-state index is 12.4. The van der Waals surface area contributed by atoms with Crippen molar-refractivity contribution >= 4 is 16.6 Å². The average Bonchev–Trinajstić information content (AvgIpc) is 2.35. The van der Waals surface area contributed by atoms with Crippen LogP contribution < -0.4 is 11.3 Å². The Morgan fingerprint density at radius 3 is 2.83 bits per heavy atom. The first-order valence-corrected chi connectivity index (χ1v) is 6.40. The molecule has 0 saturated carbocycles. The van der Waals surface area contributed by atoms with Gasteiger partial charge in [-0.2, -0.15) is 0 Å². The summed E-state index contributed by atoms with van der Waals surface area (Å²) in [5.41, 5.74) is 7.06. The lowest BCUT2D eigenvalue weighted by molar-refractivity contribution is 0.570. The summed E-state index contributed by atoms with van der Waals surface area (Å²) in [5.74, 6) is 0.772. The highest BCUT2D eigenvalue weighted by molar-refractivity contribution is 5.81. The van der Waals surface area contributed by atoms with Gasteiger partial charge in [-0.15, -0.1) is 0 Å². The third-order valence-corrected chi connectivity index (χ3v) is 3.15.